The number of thioether (sulfide) groups is 1. The van der Waals surface area contributed by atoms with Gasteiger partial charge in [-0.1, -0.05) is 12.1 Å². The number of hydrogen-bond acceptors (Lipinski definition) is 7. The van der Waals surface area contributed by atoms with Gasteiger partial charge in [-0.15, -0.1) is 23.1 Å². The molecular formula is C26H23N3O4S2. The van der Waals surface area contributed by atoms with Crippen LogP contribution >= 0.6 is 23.1 Å². The number of hydrogen-bond donors (Lipinski definition) is 2. The Morgan fingerprint density at radius 2 is 1.69 bits per heavy atom. The molecule has 0 radical (unpaired) electrons. The van der Waals surface area contributed by atoms with Crippen molar-refractivity contribution in [1.82, 2.24) is 4.98 Å². The second-order valence-electron chi connectivity index (χ2n) is 7.32. The molecule has 178 valence electrons. The maximum Gasteiger partial charge on any atom is 0.255 e. The van der Waals surface area contributed by atoms with E-state index in [1.807, 2.05) is 47.8 Å². The Kier molecular flexibility index (Phi) is 8.02. The normalized spacial score (nSPS) is 10.5. The molecule has 35 heavy (non-hydrogen) atoms. The number of rotatable bonds is 9. The second-order valence-corrected chi connectivity index (χ2v) is 9.22. The first-order valence-corrected chi connectivity index (χ1v) is 12.5. The van der Waals surface area contributed by atoms with Gasteiger partial charge in [-0.25, -0.2) is 4.98 Å². The van der Waals surface area contributed by atoms with Gasteiger partial charge in [0.15, 0.2) is 5.13 Å². The molecule has 7 nitrogen and oxygen atoms in total. The lowest BCUT2D eigenvalue weighted by molar-refractivity contribution is -0.113. The first-order valence-electron chi connectivity index (χ1n) is 10.6. The lowest BCUT2D eigenvalue weighted by Crippen LogP contribution is -2.14. The molecule has 4 rings (SSSR count). The summed E-state index contributed by atoms with van der Waals surface area (Å²) in [6, 6.07) is 21.9. The summed E-state index contributed by atoms with van der Waals surface area (Å²) in [4.78, 5) is 30.4. The minimum Gasteiger partial charge on any atom is -0.497 e. The van der Waals surface area contributed by atoms with Gasteiger partial charge in [-0.2, -0.15) is 0 Å². The average Bonchev–Trinajstić information content (AvgIpc) is 3.36. The number of nitrogens with zero attached hydrogens (tertiary/aromatic N) is 1. The van der Waals surface area contributed by atoms with Crippen LogP contribution in [-0.4, -0.2) is 36.8 Å². The molecule has 0 saturated heterocycles. The first-order chi connectivity index (χ1) is 17.0. The van der Waals surface area contributed by atoms with Crippen LogP contribution in [-0.2, 0) is 4.79 Å². The Morgan fingerprint density at radius 3 is 2.46 bits per heavy atom. The summed E-state index contributed by atoms with van der Waals surface area (Å²) in [7, 11) is 3.18. The maximum atomic E-state index is 12.5. The van der Waals surface area contributed by atoms with Crippen molar-refractivity contribution in [3.63, 3.8) is 0 Å². The van der Waals surface area contributed by atoms with E-state index in [9.17, 15) is 9.59 Å². The molecule has 4 aromatic rings. The summed E-state index contributed by atoms with van der Waals surface area (Å²) in [5.74, 6) is 1.21. The van der Waals surface area contributed by atoms with Gasteiger partial charge < -0.3 is 20.1 Å². The standard InChI is InChI=1S/C26H23N3O4S2/c1-32-20-11-9-17(10-12-20)23-15-35-26(28-23)29-24(30)16-34-22-8-4-6-19(14-22)27-25(31)18-5-3-7-21(13-18)33-2/h3-15H,16H2,1-2H3,(H,27,31)(H,28,29,30). The van der Waals surface area contributed by atoms with Crippen LogP contribution in [0.1, 0.15) is 10.4 Å². The predicted molar refractivity (Wildman–Crippen MR) is 141 cm³/mol. The largest absolute Gasteiger partial charge is 0.497 e. The third-order valence-electron chi connectivity index (χ3n) is 4.93. The van der Waals surface area contributed by atoms with Crippen molar-refractivity contribution in [2.75, 3.05) is 30.6 Å². The highest BCUT2D eigenvalue weighted by Crippen LogP contribution is 2.27. The van der Waals surface area contributed by atoms with Gasteiger partial charge in [-0.05, 0) is 60.7 Å². The number of aromatic nitrogens is 1. The minimum atomic E-state index is -0.236. The zero-order valence-corrected chi connectivity index (χ0v) is 20.7. The third-order valence-corrected chi connectivity index (χ3v) is 6.68. The fourth-order valence-corrected chi connectivity index (χ4v) is 4.65. The van der Waals surface area contributed by atoms with Crippen molar-refractivity contribution in [1.29, 1.82) is 0 Å². The van der Waals surface area contributed by atoms with Crippen LogP contribution in [0.25, 0.3) is 11.3 Å². The highest BCUT2D eigenvalue weighted by Gasteiger charge is 2.11. The Balaban J connectivity index is 1.31. The molecule has 0 aliphatic heterocycles. The molecule has 9 heteroatoms. The minimum absolute atomic E-state index is 0.156. The van der Waals surface area contributed by atoms with Gasteiger partial charge in [0.1, 0.15) is 11.5 Å². The molecule has 2 N–H and O–H groups in total. The number of carbonyl (C=O) groups is 2. The van der Waals surface area contributed by atoms with Gasteiger partial charge in [0.2, 0.25) is 5.91 Å². The molecule has 1 heterocycles. The van der Waals surface area contributed by atoms with E-state index >= 15 is 0 Å². The zero-order chi connectivity index (χ0) is 24.6. The van der Waals surface area contributed by atoms with Crippen molar-refractivity contribution in [3.8, 4) is 22.8 Å². The second kappa shape index (κ2) is 11.5. The number of benzene rings is 3. The van der Waals surface area contributed by atoms with Gasteiger partial charge in [0, 0.05) is 27.1 Å². The van der Waals surface area contributed by atoms with Gasteiger partial charge in [-0.3, -0.25) is 9.59 Å². The molecule has 0 aliphatic rings. The molecule has 3 aromatic carbocycles. The molecule has 0 saturated carbocycles. The van der Waals surface area contributed by atoms with Crippen molar-refractivity contribution in [3.05, 3.63) is 83.7 Å². The maximum absolute atomic E-state index is 12.5. The van der Waals surface area contributed by atoms with E-state index < -0.39 is 0 Å². The smallest absolute Gasteiger partial charge is 0.255 e. The monoisotopic (exact) mass is 505 g/mol. The number of methoxy groups -OCH3 is 2. The van der Waals surface area contributed by atoms with Crippen molar-refractivity contribution < 1.29 is 19.1 Å². The first kappa shape index (κ1) is 24.3. The lowest BCUT2D eigenvalue weighted by Gasteiger charge is -2.08. The van der Waals surface area contributed by atoms with Gasteiger partial charge in [0.25, 0.3) is 5.91 Å². The summed E-state index contributed by atoms with van der Waals surface area (Å²) in [5, 5.41) is 8.17. The van der Waals surface area contributed by atoms with Crippen LogP contribution in [0.2, 0.25) is 0 Å². The zero-order valence-electron chi connectivity index (χ0n) is 19.1. The van der Waals surface area contributed by atoms with Crippen LogP contribution < -0.4 is 20.1 Å². The molecule has 0 aliphatic carbocycles. The number of amides is 2. The van der Waals surface area contributed by atoms with E-state index in [1.54, 1.807) is 44.6 Å². The van der Waals surface area contributed by atoms with E-state index in [-0.39, 0.29) is 17.6 Å². The van der Waals surface area contributed by atoms with E-state index in [0.29, 0.717) is 22.1 Å². The van der Waals surface area contributed by atoms with Gasteiger partial charge >= 0.3 is 0 Å². The molecule has 0 spiro atoms. The highest BCUT2D eigenvalue weighted by molar-refractivity contribution is 8.00. The summed E-state index contributed by atoms with van der Waals surface area (Å²) in [5.41, 5.74) is 2.89. The molecule has 0 bridgehead atoms. The number of thiazole rings is 1. The Hall–Kier alpha value is -3.82. The van der Waals surface area contributed by atoms with E-state index in [1.165, 1.54) is 23.1 Å². The third kappa shape index (κ3) is 6.62. The number of anilines is 2. The molecule has 1 aromatic heterocycles. The van der Waals surface area contributed by atoms with Crippen LogP contribution in [0.4, 0.5) is 10.8 Å². The molecule has 0 fully saturated rings. The Morgan fingerprint density at radius 1 is 0.914 bits per heavy atom. The van der Waals surface area contributed by atoms with Crippen molar-refractivity contribution in [2.24, 2.45) is 0 Å². The van der Waals surface area contributed by atoms with Crippen LogP contribution in [0.15, 0.2) is 83.1 Å². The van der Waals surface area contributed by atoms with Crippen LogP contribution in [0, 0.1) is 0 Å². The van der Waals surface area contributed by atoms with Crippen LogP contribution in [0.5, 0.6) is 11.5 Å². The lowest BCUT2D eigenvalue weighted by atomic mass is 10.2. The fraction of sp³-hybridized carbons (Fsp3) is 0.115. The number of ether oxygens (including phenoxy) is 2. The molecule has 2 amide bonds. The number of nitrogens with one attached hydrogen (secondary N) is 2. The quantitative estimate of drug-likeness (QED) is 0.279. The molecular weight excluding hydrogens is 482 g/mol. The van der Waals surface area contributed by atoms with E-state index in [0.717, 1.165) is 21.9 Å². The van der Waals surface area contributed by atoms with E-state index in [4.69, 9.17) is 9.47 Å². The topological polar surface area (TPSA) is 89.6 Å². The average molecular weight is 506 g/mol. The molecule has 0 atom stereocenters. The van der Waals surface area contributed by atoms with Gasteiger partial charge in [0.05, 0.1) is 25.7 Å². The van der Waals surface area contributed by atoms with E-state index in [2.05, 4.69) is 15.6 Å². The Labute approximate surface area is 211 Å². The summed E-state index contributed by atoms with van der Waals surface area (Å²) in [6.45, 7) is 0. The van der Waals surface area contributed by atoms with Crippen molar-refractivity contribution in [2.45, 2.75) is 4.90 Å². The summed E-state index contributed by atoms with van der Waals surface area (Å²) >= 11 is 2.75. The summed E-state index contributed by atoms with van der Waals surface area (Å²) in [6.07, 6.45) is 0. The fourth-order valence-electron chi connectivity index (χ4n) is 3.16. The highest BCUT2D eigenvalue weighted by atomic mass is 32.2. The van der Waals surface area contributed by atoms with Crippen LogP contribution in [0.3, 0.4) is 0 Å². The molecule has 0 unspecified atom stereocenters. The summed E-state index contributed by atoms with van der Waals surface area (Å²) < 4.78 is 10.4. The predicted octanol–water partition coefficient (Wildman–Crippen LogP) is 5.81. The van der Waals surface area contributed by atoms with Crippen molar-refractivity contribution >= 4 is 45.7 Å². The Bertz CT molecular complexity index is 1320. The SMILES string of the molecule is COc1ccc(-c2csc(NC(=O)CSc3cccc(NC(=O)c4cccc(OC)c4)c3)n2)cc1. The number of carbonyl (C=O) groups excluding carboxylic acids is 2.